The van der Waals surface area contributed by atoms with E-state index in [0.717, 1.165) is 10.2 Å². The second-order valence-electron chi connectivity index (χ2n) is 4.26. The van der Waals surface area contributed by atoms with Gasteiger partial charge in [-0.3, -0.25) is 0 Å². The molecule has 0 aromatic heterocycles. The van der Waals surface area contributed by atoms with Crippen LogP contribution in [0.3, 0.4) is 0 Å². The highest BCUT2D eigenvalue weighted by Gasteiger charge is 1.99. The van der Waals surface area contributed by atoms with Crippen LogP contribution in [-0.4, -0.2) is 5.96 Å². The molecule has 3 nitrogen and oxygen atoms in total. The average Bonchev–Trinajstić information content (AvgIpc) is 2.39. The fraction of sp³-hybridized carbons (Fsp3) is 0.133. The van der Waals surface area contributed by atoms with E-state index in [9.17, 15) is 0 Å². The molecule has 0 fully saturated rings. The maximum Gasteiger partial charge on any atom is 0.193 e. The number of benzene rings is 2. The number of hydrogen-bond donors (Lipinski definition) is 2. The third-order valence-electron chi connectivity index (χ3n) is 2.77. The van der Waals surface area contributed by atoms with Crippen molar-refractivity contribution in [2.75, 3.05) is 5.32 Å². The predicted octanol–water partition coefficient (Wildman–Crippen LogP) is 3.68. The lowest BCUT2D eigenvalue weighted by Gasteiger charge is -2.07. The van der Waals surface area contributed by atoms with Crippen molar-refractivity contribution in [3.05, 3.63) is 64.1 Å². The lowest BCUT2D eigenvalue weighted by atomic mass is 10.1. The van der Waals surface area contributed by atoms with Crippen LogP contribution in [-0.2, 0) is 6.54 Å². The standard InChI is InChI=1S/C15H16BrN3/c1-11-9-13(16)8-7-12(11)10-18-15(17)19-14-5-3-2-4-6-14/h2-9H,10H2,1H3,(H3,17,18,19). The molecule has 2 aromatic carbocycles. The molecule has 0 spiro atoms. The number of para-hydroxylation sites is 1. The smallest absolute Gasteiger partial charge is 0.193 e. The molecule has 0 saturated carbocycles. The number of rotatable bonds is 3. The Morgan fingerprint density at radius 2 is 1.95 bits per heavy atom. The highest BCUT2D eigenvalue weighted by molar-refractivity contribution is 9.10. The normalized spacial score (nSPS) is 11.4. The van der Waals surface area contributed by atoms with Gasteiger partial charge in [0.2, 0.25) is 0 Å². The van der Waals surface area contributed by atoms with Crippen LogP contribution in [0.15, 0.2) is 58.0 Å². The van der Waals surface area contributed by atoms with Crippen molar-refractivity contribution in [2.24, 2.45) is 10.7 Å². The van der Waals surface area contributed by atoms with Crippen LogP contribution in [0.5, 0.6) is 0 Å². The minimum absolute atomic E-state index is 0.425. The minimum atomic E-state index is 0.425. The Morgan fingerprint density at radius 3 is 2.63 bits per heavy atom. The highest BCUT2D eigenvalue weighted by Crippen LogP contribution is 2.16. The first kappa shape index (κ1) is 13.6. The number of nitrogens with zero attached hydrogens (tertiary/aromatic N) is 1. The zero-order valence-electron chi connectivity index (χ0n) is 10.7. The van der Waals surface area contributed by atoms with Gasteiger partial charge in [0.25, 0.3) is 0 Å². The molecule has 0 amide bonds. The SMILES string of the molecule is Cc1cc(Br)ccc1CN=C(N)Nc1ccccc1. The Labute approximate surface area is 121 Å². The van der Waals surface area contributed by atoms with E-state index in [4.69, 9.17) is 5.73 Å². The number of aliphatic imine (C=N–C) groups is 1. The van der Waals surface area contributed by atoms with Crippen LogP contribution in [0.1, 0.15) is 11.1 Å². The lowest BCUT2D eigenvalue weighted by Crippen LogP contribution is -2.22. The fourth-order valence-electron chi connectivity index (χ4n) is 1.72. The van der Waals surface area contributed by atoms with Crippen molar-refractivity contribution < 1.29 is 0 Å². The fourth-order valence-corrected chi connectivity index (χ4v) is 2.19. The van der Waals surface area contributed by atoms with Crippen LogP contribution < -0.4 is 11.1 Å². The van der Waals surface area contributed by atoms with Crippen molar-refractivity contribution in [1.29, 1.82) is 0 Å². The molecule has 0 aliphatic heterocycles. The van der Waals surface area contributed by atoms with Crippen molar-refractivity contribution in [3.8, 4) is 0 Å². The van der Waals surface area contributed by atoms with Crippen molar-refractivity contribution in [2.45, 2.75) is 13.5 Å². The first-order valence-electron chi connectivity index (χ1n) is 6.02. The summed E-state index contributed by atoms with van der Waals surface area (Å²) >= 11 is 3.45. The van der Waals surface area contributed by atoms with Crippen LogP contribution in [0, 0.1) is 6.92 Å². The molecule has 0 aliphatic rings. The van der Waals surface area contributed by atoms with Gasteiger partial charge >= 0.3 is 0 Å². The quantitative estimate of drug-likeness (QED) is 0.670. The molecular weight excluding hydrogens is 302 g/mol. The van der Waals surface area contributed by atoms with E-state index in [-0.39, 0.29) is 0 Å². The molecule has 0 radical (unpaired) electrons. The van der Waals surface area contributed by atoms with Gasteiger partial charge < -0.3 is 11.1 Å². The van der Waals surface area contributed by atoms with E-state index in [1.54, 1.807) is 0 Å². The number of nitrogens with two attached hydrogens (primary N) is 1. The number of hydrogen-bond acceptors (Lipinski definition) is 1. The molecule has 4 heteroatoms. The van der Waals surface area contributed by atoms with Crippen LogP contribution in [0.25, 0.3) is 0 Å². The minimum Gasteiger partial charge on any atom is -0.370 e. The van der Waals surface area contributed by atoms with Gasteiger partial charge in [-0.25, -0.2) is 4.99 Å². The number of guanidine groups is 1. The number of nitrogens with one attached hydrogen (secondary N) is 1. The summed E-state index contributed by atoms with van der Waals surface area (Å²) in [5.41, 5.74) is 9.17. The second kappa shape index (κ2) is 6.38. The van der Waals surface area contributed by atoms with E-state index >= 15 is 0 Å². The van der Waals surface area contributed by atoms with E-state index in [1.165, 1.54) is 11.1 Å². The summed E-state index contributed by atoms with van der Waals surface area (Å²) < 4.78 is 1.08. The molecule has 2 rings (SSSR count). The van der Waals surface area contributed by atoms with Crippen molar-refractivity contribution >= 4 is 27.6 Å². The topological polar surface area (TPSA) is 50.4 Å². The summed E-state index contributed by atoms with van der Waals surface area (Å²) in [6.45, 7) is 2.64. The summed E-state index contributed by atoms with van der Waals surface area (Å²) in [7, 11) is 0. The molecule has 0 aliphatic carbocycles. The zero-order valence-corrected chi connectivity index (χ0v) is 12.3. The Balaban J connectivity index is 2.02. The number of anilines is 1. The second-order valence-corrected chi connectivity index (χ2v) is 5.18. The average molecular weight is 318 g/mol. The summed E-state index contributed by atoms with van der Waals surface area (Å²) in [6.07, 6.45) is 0. The number of halogens is 1. The first-order chi connectivity index (χ1) is 9.15. The molecule has 0 unspecified atom stereocenters. The van der Waals surface area contributed by atoms with Crippen LogP contribution in [0.2, 0.25) is 0 Å². The predicted molar refractivity (Wildman–Crippen MR) is 84.3 cm³/mol. The third-order valence-corrected chi connectivity index (χ3v) is 3.26. The monoisotopic (exact) mass is 317 g/mol. The summed E-state index contributed by atoms with van der Waals surface area (Å²) in [4.78, 5) is 4.35. The molecule has 2 aromatic rings. The number of aryl methyl sites for hydroxylation is 1. The molecule has 0 atom stereocenters. The Hall–Kier alpha value is -1.81. The van der Waals surface area contributed by atoms with E-state index in [0.29, 0.717) is 12.5 Å². The summed E-state index contributed by atoms with van der Waals surface area (Å²) in [5.74, 6) is 0.425. The van der Waals surface area contributed by atoms with Gasteiger partial charge in [0.05, 0.1) is 6.54 Å². The van der Waals surface area contributed by atoms with Gasteiger partial charge in [-0.2, -0.15) is 0 Å². The molecule has 3 N–H and O–H groups in total. The van der Waals surface area contributed by atoms with Gasteiger partial charge in [0.1, 0.15) is 0 Å². The molecule has 0 saturated heterocycles. The Kier molecular flexibility index (Phi) is 4.58. The molecule has 0 bridgehead atoms. The van der Waals surface area contributed by atoms with Gasteiger partial charge in [-0.1, -0.05) is 40.2 Å². The highest BCUT2D eigenvalue weighted by atomic mass is 79.9. The Morgan fingerprint density at radius 1 is 1.21 bits per heavy atom. The van der Waals surface area contributed by atoms with E-state index in [1.807, 2.05) is 36.4 Å². The Bertz CT molecular complexity index is 579. The van der Waals surface area contributed by atoms with Crippen molar-refractivity contribution in [1.82, 2.24) is 0 Å². The van der Waals surface area contributed by atoms with Gasteiger partial charge in [-0.05, 0) is 42.3 Å². The first-order valence-corrected chi connectivity index (χ1v) is 6.81. The lowest BCUT2D eigenvalue weighted by molar-refractivity contribution is 1.04. The molecule has 19 heavy (non-hydrogen) atoms. The van der Waals surface area contributed by atoms with Crippen LogP contribution in [0.4, 0.5) is 5.69 Å². The zero-order chi connectivity index (χ0) is 13.7. The van der Waals surface area contributed by atoms with Crippen LogP contribution >= 0.6 is 15.9 Å². The van der Waals surface area contributed by atoms with Crippen molar-refractivity contribution in [3.63, 3.8) is 0 Å². The van der Waals surface area contributed by atoms with Gasteiger partial charge in [0.15, 0.2) is 5.96 Å². The van der Waals surface area contributed by atoms with Gasteiger partial charge in [-0.15, -0.1) is 0 Å². The maximum atomic E-state index is 5.86. The largest absolute Gasteiger partial charge is 0.370 e. The third kappa shape index (κ3) is 4.10. The molecule has 0 heterocycles. The van der Waals surface area contributed by atoms with E-state index < -0.39 is 0 Å². The molecule has 98 valence electrons. The van der Waals surface area contributed by atoms with Gasteiger partial charge in [0, 0.05) is 10.2 Å². The molecular formula is C15H16BrN3. The van der Waals surface area contributed by atoms with E-state index in [2.05, 4.69) is 45.3 Å². The summed E-state index contributed by atoms with van der Waals surface area (Å²) in [6, 6.07) is 15.9. The maximum absolute atomic E-state index is 5.86. The summed E-state index contributed by atoms with van der Waals surface area (Å²) in [5, 5.41) is 3.06.